The van der Waals surface area contributed by atoms with Gasteiger partial charge in [0.2, 0.25) is 15.9 Å². The van der Waals surface area contributed by atoms with Gasteiger partial charge in [-0.15, -0.1) is 0 Å². The number of carbonyl (C=O) groups excluding carboxylic acids is 1. The van der Waals surface area contributed by atoms with Gasteiger partial charge in [0.1, 0.15) is 0 Å². The van der Waals surface area contributed by atoms with Crippen molar-refractivity contribution in [2.75, 3.05) is 5.32 Å². The predicted octanol–water partition coefficient (Wildman–Crippen LogP) is 3.20. The number of aromatic nitrogens is 2. The number of sulfonamides is 1. The van der Waals surface area contributed by atoms with Gasteiger partial charge in [-0.1, -0.05) is 12.1 Å². The van der Waals surface area contributed by atoms with Crippen molar-refractivity contribution in [1.29, 1.82) is 0 Å². The summed E-state index contributed by atoms with van der Waals surface area (Å²) in [6.45, 7) is 1.24. The lowest BCUT2D eigenvalue weighted by Gasteiger charge is -2.17. The highest BCUT2D eigenvalue weighted by Crippen LogP contribution is 2.33. The van der Waals surface area contributed by atoms with Gasteiger partial charge in [-0.2, -0.15) is 17.9 Å². The molecule has 158 valence electrons. The molecule has 7 nitrogen and oxygen atoms in total. The fourth-order valence-electron chi connectivity index (χ4n) is 2.66. The third kappa shape index (κ3) is 4.86. The quantitative estimate of drug-likeness (QED) is 0.618. The van der Waals surface area contributed by atoms with Crippen molar-refractivity contribution >= 4 is 21.6 Å². The SMILES string of the molecule is C[C@H](NS(=O)(=O)c1ccccc1C(F)(F)F)C(=O)Nc1ccc(-n2ccnc2)cc1. The molecule has 0 bridgehead atoms. The Labute approximate surface area is 170 Å². The maximum absolute atomic E-state index is 13.1. The van der Waals surface area contributed by atoms with E-state index in [1.807, 2.05) is 4.72 Å². The minimum absolute atomic E-state index is 0.394. The van der Waals surface area contributed by atoms with Crippen LogP contribution in [0.1, 0.15) is 12.5 Å². The molecule has 0 fully saturated rings. The number of alkyl halides is 3. The fraction of sp³-hybridized carbons (Fsp3) is 0.158. The number of anilines is 1. The van der Waals surface area contributed by atoms with Crippen LogP contribution in [0, 0.1) is 0 Å². The summed E-state index contributed by atoms with van der Waals surface area (Å²) in [6.07, 6.45) is 0.0979. The topological polar surface area (TPSA) is 93.1 Å². The standard InChI is InChI=1S/C19H17F3N4O3S/c1-13(25-30(28,29)17-5-3-2-4-16(17)19(20,21)22)18(27)24-14-6-8-15(9-7-14)26-11-10-23-12-26/h2-13,25H,1H3,(H,24,27)/t13-/m0/s1. The van der Waals surface area contributed by atoms with Crippen LogP contribution < -0.4 is 10.0 Å². The van der Waals surface area contributed by atoms with Gasteiger partial charge in [-0.3, -0.25) is 4.79 Å². The van der Waals surface area contributed by atoms with E-state index >= 15 is 0 Å². The molecule has 11 heteroatoms. The lowest BCUT2D eigenvalue weighted by Crippen LogP contribution is -2.42. The van der Waals surface area contributed by atoms with Gasteiger partial charge in [0, 0.05) is 23.8 Å². The van der Waals surface area contributed by atoms with Crippen molar-refractivity contribution in [2.45, 2.75) is 24.0 Å². The molecule has 0 aliphatic rings. The molecule has 0 saturated heterocycles. The van der Waals surface area contributed by atoms with Crippen LogP contribution in [-0.4, -0.2) is 29.9 Å². The zero-order valence-corrected chi connectivity index (χ0v) is 16.4. The smallest absolute Gasteiger partial charge is 0.325 e. The van der Waals surface area contributed by atoms with E-state index < -0.39 is 38.6 Å². The lowest BCUT2D eigenvalue weighted by molar-refractivity contribution is -0.139. The first-order chi connectivity index (χ1) is 14.1. The maximum atomic E-state index is 13.1. The summed E-state index contributed by atoms with van der Waals surface area (Å²) in [4.78, 5) is 15.3. The fourth-order valence-corrected chi connectivity index (χ4v) is 4.09. The van der Waals surface area contributed by atoms with E-state index in [1.165, 1.54) is 13.0 Å². The molecule has 30 heavy (non-hydrogen) atoms. The Bertz CT molecular complexity index is 1130. The van der Waals surface area contributed by atoms with Crippen molar-refractivity contribution in [1.82, 2.24) is 14.3 Å². The van der Waals surface area contributed by atoms with E-state index in [0.29, 0.717) is 11.8 Å². The lowest BCUT2D eigenvalue weighted by atomic mass is 10.2. The highest BCUT2D eigenvalue weighted by Gasteiger charge is 2.37. The normalized spacial score (nSPS) is 13.1. The Morgan fingerprint density at radius 3 is 2.37 bits per heavy atom. The molecule has 1 heterocycles. The average molecular weight is 438 g/mol. The molecule has 1 atom stereocenters. The summed E-state index contributed by atoms with van der Waals surface area (Å²) in [5, 5.41) is 2.52. The second-order valence-electron chi connectivity index (χ2n) is 6.34. The zero-order chi connectivity index (χ0) is 21.9. The Balaban J connectivity index is 1.71. The number of carbonyl (C=O) groups is 1. The van der Waals surface area contributed by atoms with Gasteiger partial charge in [-0.05, 0) is 43.3 Å². The van der Waals surface area contributed by atoms with Crippen molar-refractivity contribution in [3.8, 4) is 5.69 Å². The molecule has 0 spiro atoms. The van der Waals surface area contributed by atoms with Gasteiger partial charge in [0.15, 0.2) is 0 Å². The zero-order valence-electron chi connectivity index (χ0n) is 15.6. The van der Waals surface area contributed by atoms with Crippen LogP contribution in [0.4, 0.5) is 18.9 Å². The van der Waals surface area contributed by atoms with Crippen LogP contribution in [0.2, 0.25) is 0 Å². The Morgan fingerprint density at radius 1 is 1.10 bits per heavy atom. The summed E-state index contributed by atoms with van der Waals surface area (Å²) in [5.41, 5.74) is -0.117. The molecule has 0 aliphatic carbocycles. The molecule has 3 aromatic rings. The summed E-state index contributed by atoms with van der Waals surface area (Å²) >= 11 is 0. The number of nitrogens with zero attached hydrogens (tertiary/aromatic N) is 2. The maximum Gasteiger partial charge on any atom is 0.417 e. The first-order valence-electron chi connectivity index (χ1n) is 8.66. The number of amides is 1. The second-order valence-corrected chi connectivity index (χ2v) is 8.03. The molecular weight excluding hydrogens is 421 g/mol. The summed E-state index contributed by atoms with van der Waals surface area (Å²) in [7, 11) is -4.59. The summed E-state index contributed by atoms with van der Waals surface area (Å²) in [6, 6.07) is 9.09. The molecular formula is C19H17F3N4O3S. The third-order valence-corrected chi connectivity index (χ3v) is 5.74. The van der Waals surface area contributed by atoms with Crippen molar-refractivity contribution in [3.05, 3.63) is 72.8 Å². The van der Waals surface area contributed by atoms with Crippen LogP contribution in [0.5, 0.6) is 0 Å². The molecule has 0 radical (unpaired) electrons. The molecule has 3 rings (SSSR count). The summed E-state index contributed by atoms with van der Waals surface area (Å²) < 4.78 is 68.0. The Hall–Kier alpha value is -3.18. The highest BCUT2D eigenvalue weighted by molar-refractivity contribution is 7.89. The average Bonchev–Trinajstić information content (AvgIpc) is 3.22. The predicted molar refractivity (Wildman–Crippen MR) is 103 cm³/mol. The molecule has 2 N–H and O–H groups in total. The van der Waals surface area contributed by atoms with E-state index in [4.69, 9.17) is 0 Å². The first-order valence-corrected chi connectivity index (χ1v) is 10.1. The molecule has 1 aromatic heterocycles. The van der Waals surface area contributed by atoms with E-state index in [1.54, 1.807) is 47.6 Å². The second kappa shape index (κ2) is 8.28. The monoisotopic (exact) mass is 438 g/mol. The van der Waals surface area contributed by atoms with Crippen LogP contribution in [0.15, 0.2) is 72.1 Å². The summed E-state index contributed by atoms with van der Waals surface area (Å²) in [5.74, 6) is -0.724. The minimum Gasteiger partial charge on any atom is -0.325 e. The van der Waals surface area contributed by atoms with Crippen LogP contribution in [-0.2, 0) is 21.0 Å². The van der Waals surface area contributed by atoms with Gasteiger partial charge in [-0.25, -0.2) is 13.4 Å². The molecule has 0 unspecified atom stereocenters. The van der Waals surface area contributed by atoms with Crippen LogP contribution in [0.25, 0.3) is 5.69 Å². The molecule has 2 aromatic carbocycles. The third-order valence-electron chi connectivity index (χ3n) is 4.14. The number of halogens is 3. The van der Waals surface area contributed by atoms with E-state index in [9.17, 15) is 26.4 Å². The number of nitrogens with one attached hydrogen (secondary N) is 2. The number of hydrogen-bond acceptors (Lipinski definition) is 4. The number of hydrogen-bond donors (Lipinski definition) is 2. The Morgan fingerprint density at radius 2 is 1.77 bits per heavy atom. The van der Waals surface area contributed by atoms with Gasteiger partial charge in [0.05, 0.1) is 22.8 Å². The molecule has 1 amide bonds. The van der Waals surface area contributed by atoms with Crippen molar-refractivity contribution < 1.29 is 26.4 Å². The number of imidazole rings is 1. The van der Waals surface area contributed by atoms with Crippen LogP contribution >= 0.6 is 0 Å². The number of rotatable bonds is 6. The van der Waals surface area contributed by atoms with Gasteiger partial charge < -0.3 is 9.88 Å². The molecule has 0 aliphatic heterocycles. The Kier molecular flexibility index (Phi) is 5.94. The first kappa shape index (κ1) is 21.5. The number of benzene rings is 2. The largest absolute Gasteiger partial charge is 0.417 e. The van der Waals surface area contributed by atoms with Gasteiger partial charge in [0.25, 0.3) is 0 Å². The van der Waals surface area contributed by atoms with Crippen molar-refractivity contribution in [3.63, 3.8) is 0 Å². The minimum atomic E-state index is -4.85. The van der Waals surface area contributed by atoms with E-state index in [2.05, 4.69) is 10.3 Å². The van der Waals surface area contributed by atoms with Crippen LogP contribution in [0.3, 0.4) is 0 Å². The van der Waals surface area contributed by atoms with E-state index in [0.717, 1.165) is 17.8 Å². The highest BCUT2D eigenvalue weighted by atomic mass is 32.2. The van der Waals surface area contributed by atoms with Crippen molar-refractivity contribution in [2.24, 2.45) is 0 Å². The van der Waals surface area contributed by atoms with Gasteiger partial charge >= 0.3 is 6.18 Å². The van der Waals surface area contributed by atoms with E-state index in [-0.39, 0.29) is 0 Å². The molecule has 0 saturated carbocycles.